The van der Waals surface area contributed by atoms with Crippen molar-refractivity contribution in [3.63, 3.8) is 0 Å². The van der Waals surface area contributed by atoms with Gasteiger partial charge in [-0.2, -0.15) is 0 Å². The minimum Gasteiger partial charge on any atom is -0.377 e. The molecule has 2 aliphatic rings. The van der Waals surface area contributed by atoms with Crippen LogP contribution in [-0.2, 0) is 4.79 Å². The number of carbonyl (C=O) groups excluding carboxylic acids is 1. The van der Waals surface area contributed by atoms with E-state index in [1.54, 1.807) is 13.0 Å². The fraction of sp³-hybridized carbons (Fsp3) is 0.667. The van der Waals surface area contributed by atoms with Crippen molar-refractivity contribution in [1.82, 2.24) is 0 Å². The quantitative estimate of drug-likeness (QED) is 0.708. The predicted molar refractivity (Wildman–Crippen MR) is 68.6 cm³/mol. The first-order chi connectivity index (χ1) is 7.80. The van der Waals surface area contributed by atoms with Gasteiger partial charge in [0.1, 0.15) is 5.60 Å². The lowest BCUT2D eigenvalue weighted by Crippen LogP contribution is -2.50. The number of allylic oxidation sites excluding steroid dienone is 1. The molecule has 1 fully saturated rings. The van der Waals surface area contributed by atoms with Crippen LogP contribution in [-0.4, -0.2) is 16.5 Å². The number of rotatable bonds is 1. The van der Waals surface area contributed by atoms with Gasteiger partial charge in [0, 0.05) is 0 Å². The zero-order chi connectivity index (χ0) is 12.8. The van der Waals surface area contributed by atoms with Gasteiger partial charge in [0.25, 0.3) is 0 Å². The van der Waals surface area contributed by atoms with Crippen molar-refractivity contribution in [2.24, 2.45) is 11.3 Å². The minimum atomic E-state index is -1.34. The Hall–Kier alpha value is -0.890. The molecule has 0 radical (unpaired) electrons. The molecule has 17 heavy (non-hydrogen) atoms. The zero-order valence-corrected chi connectivity index (χ0v) is 11.0. The first-order valence-corrected chi connectivity index (χ1v) is 6.44. The molecule has 0 amide bonds. The van der Waals surface area contributed by atoms with Gasteiger partial charge in [-0.15, -0.1) is 0 Å². The molecule has 0 aromatic carbocycles. The van der Waals surface area contributed by atoms with Crippen molar-refractivity contribution in [2.45, 2.75) is 52.1 Å². The second-order valence-electron chi connectivity index (χ2n) is 6.06. The molecule has 0 bridgehead atoms. The van der Waals surface area contributed by atoms with E-state index in [-0.39, 0.29) is 11.2 Å². The third-order valence-corrected chi connectivity index (χ3v) is 4.95. The summed E-state index contributed by atoms with van der Waals surface area (Å²) in [5, 5.41) is 10.5. The lowest BCUT2D eigenvalue weighted by atomic mass is 9.56. The Kier molecular flexibility index (Phi) is 2.81. The van der Waals surface area contributed by atoms with Gasteiger partial charge in [0.2, 0.25) is 0 Å². The van der Waals surface area contributed by atoms with E-state index in [0.29, 0.717) is 17.9 Å². The van der Waals surface area contributed by atoms with E-state index in [4.69, 9.17) is 0 Å². The van der Waals surface area contributed by atoms with E-state index in [2.05, 4.69) is 20.4 Å². The molecule has 0 aromatic rings. The van der Waals surface area contributed by atoms with Crippen LogP contribution >= 0.6 is 0 Å². The highest BCUT2D eigenvalue weighted by atomic mass is 16.3. The minimum absolute atomic E-state index is 0.0418. The van der Waals surface area contributed by atoms with Crippen molar-refractivity contribution in [1.29, 1.82) is 0 Å². The number of ketones is 1. The monoisotopic (exact) mass is 234 g/mol. The van der Waals surface area contributed by atoms with Crippen LogP contribution in [0.5, 0.6) is 0 Å². The van der Waals surface area contributed by atoms with Crippen molar-refractivity contribution in [2.75, 3.05) is 0 Å². The van der Waals surface area contributed by atoms with E-state index in [1.807, 2.05) is 0 Å². The van der Waals surface area contributed by atoms with Crippen LogP contribution in [0.3, 0.4) is 0 Å². The highest BCUT2D eigenvalue weighted by molar-refractivity contribution is 6.01. The highest BCUT2D eigenvalue weighted by Crippen LogP contribution is 2.53. The summed E-state index contributed by atoms with van der Waals surface area (Å²) in [5.41, 5.74) is 0.410. The Balaban J connectivity index is 2.48. The van der Waals surface area contributed by atoms with Crippen LogP contribution in [0.2, 0.25) is 0 Å². The van der Waals surface area contributed by atoms with Crippen LogP contribution in [0.4, 0.5) is 0 Å². The molecule has 3 atom stereocenters. The van der Waals surface area contributed by atoms with E-state index in [1.165, 1.54) is 12.0 Å². The van der Waals surface area contributed by atoms with E-state index < -0.39 is 5.60 Å². The average molecular weight is 234 g/mol. The molecule has 94 valence electrons. The standard InChI is InChI=1S/C15H22O2/c1-10(2)15(17)9-14(4)11(3)6-5-7-12(14)8-13(15)16/h8,11,17H,1,5-7,9H2,2-4H3. The lowest BCUT2D eigenvalue weighted by molar-refractivity contribution is -0.134. The summed E-state index contributed by atoms with van der Waals surface area (Å²) in [6.45, 7) is 9.95. The van der Waals surface area contributed by atoms with Crippen LogP contribution in [0.25, 0.3) is 0 Å². The maximum Gasteiger partial charge on any atom is 0.191 e. The van der Waals surface area contributed by atoms with Gasteiger partial charge in [0.15, 0.2) is 5.78 Å². The van der Waals surface area contributed by atoms with Gasteiger partial charge in [-0.3, -0.25) is 4.79 Å². The molecule has 2 rings (SSSR count). The Morgan fingerprint density at radius 1 is 1.59 bits per heavy atom. The summed E-state index contributed by atoms with van der Waals surface area (Å²) in [6.07, 6.45) is 5.52. The van der Waals surface area contributed by atoms with Gasteiger partial charge >= 0.3 is 0 Å². The fourth-order valence-electron chi connectivity index (χ4n) is 3.30. The Morgan fingerprint density at radius 2 is 2.24 bits per heavy atom. The maximum atomic E-state index is 12.1. The summed E-state index contributed by atoms with van der Waals surface area (Å²) >= 11 is 0. The van der Waals surface area contributed by atoms with Gasteiger partial charge in [-0.1, -0.05) is 26.0 Å². The van der Waals surface area contributed by atoms with Crippen molar-refractivity contribution >= 4 is 5.78 Å². The number of aliphatic hydroxyl groups is 1. The van der Waals surface area contributed by atoms with Crippen LogP contribution < -0.4 is 0 Å². The van der Waals surface area contributed by atoms with Crippen molar-refractivity contribution in [3.05, 3.63) is 23.8 Å². The molecule has 0 saturated heterocycles. The molecule has 0 aromatic heterocycles. The van der Waals surface area contributed by atoms with Crippen LogP contribution in [0.1, 0.15) is 46.5 Å². The molecular formula is C15H22O2. The fourth-order valence-corrected chi connectivity index (χ4v) is 3.30. The number of hydrogen-bond acceptors (Lipinski definition) is 2. The second-order valence-corrected chi connectivity index (χ2v) is 6.06. The summed E-state index contributed by atoms with van der Waals surface area (Å²) in [7, 11) is 0. The number of fused-ring (bicyclic) bond motifs is 1. The van der Waals surface area contributed by atoms with Gasteiger partial charge in [-0.25, -0.2) is 0 Å². The normalized spacial score (nSPS) is 41.8. The molecule has 3 unspecified atom stereocenters. The maximum absolute atomic E-state index is 12.1. The van der Waals surface area contributed by atoms with Crippen LogP contribution in [0.15, 0.2) is 23.8 Å². The third-order valence-electron chi connectivity index (χ3n) is 4.95. The van der Waals surface area contributed by atoms with E-state index in [9.17, 15) is 9.90 Å². The molecule has 2 nitrogen and oxygen atoms in total. The third kappa shape index (κ3) is 1.70. The highest BCUT2D eigenvalue weighted by Gasteiger charge is 2.51. The Morgan fingerprint density at radius 3 is 2.82 bits per heavy atom. The Bertz CT molecular complexity index is 407. The van der Waals surface area contributed by atoms with Crippen molar-refractivity contribution < 1.29 is 9.90 Å². The molecule has 2 heteroatoms. The van der Waals surface area contributed by atoms with Gasteiger partial charge < -0.3 is 5.11 Å². The van der Waals surface area contributed by atoms with Crippen molar-refractivity contribution in [3.8, 4) is 0 Å². The molecular weight excluding hydrogens is 212 g/mol. The molecule has 1 N–H and O–H groups in total. The Labute approximate surface area is 103 Å². The largest absolute Gasteiger partial charge is 0.377 e. The number of hydrogen-bond donors (Lipinski definition) is 1. The molecule has 1 saturated carbocycles. The molecule has 2 aliphatic carbocycles. The SMILES string of the molecule is C=C(C)C1(O)CC2(C)C(=CC1=O)CCCC2C. The summed E-state index contributed by atoms with van der Waals surface area (Å²) < 4.78 is 0. The topological polar surface area (TPSA) is 37.3 Å². The molecule has 0 heterocycles. The average Bonchev–Trinajstić information content (AvgIpc) is 2.23. The zero-order valence-electron chi connectivity index (χ0n) is 11.0. The predicted octanol–water partition coefficient (Wildman–Crippen LogP) is 3.02. The first kappa shape index (κ1) is 12.6. The lowest BCUT2D eigenvalue weighted by Gasteiger charge is -2.49. The molecule has 0 spiro atoms. The summed E-state index contributed by atoms with van der Waals surface area (Å²) in [6, 6.07) is 0. The summed E-state index contributed by atoms with van der Waals surface area (Å²) in [5.74, 6) is 0.341. The van der Waals surface area contributed by atoms with E-state index in [0.717, 1.165) is 12.8 Å². The van der Waals surface area contributed by atoms with Gasteiger partial charge in [0.05, 0.1) is 0 Å². The smallest absolute Gasteiger partial charge is 0.191 e. The van der Waals surface area contributed by atoms with Crippen LogP contribution in [0, 0.1) is 11.3 Å². The van der Waals surface area contributed by atoms with Gasteiger partial charge in [-0.05, 0) is 55.6 Å². The molecule has 0 aliphatic heterocycles. The summed E-state index contributed by atoms with van der Waals surface area (Å²) in [4.78, 5) is 12.1. The second kappa shape index (κ2) is 3.81. The number of carbonyl (C=O) groups is 1. The van der Waals surface area contributed by atoms with E-state index >= 15 is 0 Å². The first-order valence-electron chi connectivity index (χ1n) is 6.44.